The number of hydrogen-bond acceptors (Lipinski definition) is 5. The first-order valence-corrected chi connectivity index (χ1v) is 6.29. The number of carbonyl (C=O) groups is 1. The lowest BCUT2D eigenvalue weighted by Gasteiger charge is -2.08. The number of methoxy groups -OCH3 is 1. The molecule has 0 atom stereocenters. The average Bonchev–Trinajstić information content (AvgIpc) is 2.93. The molecule has 1 heterocycles. The number of aryl methyl sites for hydroxylation is 1. The first kappa shape index (κ1) is 13.9. The number of ether oxygens (including phenoxy) is 1. The minimum Gasteiger partial charge on any atom is -0.497 e. The number of nitrogens with one attached hydrogen (secondary N) is 1. The van der Waals surface area contributed by atoms with Gasteiger partial charge in [0.05, 0.1) is 25.4 Å². The van der Waals surface area contributed by atoms with Gasteiger partial charge in [-0.3, -0.25) is 4.79 Å². The zero-order valence-corrected chi connectivity index (χ0v) is 11.5. The minimum absolute atomic E-state index is 0.218. The van der Waals surface area contributed by atoms with Crippen LogP contribution >= 0.6 is 0 Å². The van der Waals surface area contributed by atoms with E-state index in [1.165, 1.54) is 7.11 Å². The molecule has 0 radical (unpaired) electrons. The van der Waals surface area contributed by atoms with Crippen LogP contribution in [0.4, 0.5) is 5.69 Å². The Hall–Kier alpha value is -2.50. The molecular formula is C14H17N3O3. The standard InChI is InChI=1S/C14H17N3O3/c1-3-9-7-16-13(20-9)8-17-14(18)11-6-10(19-2)4-5-12(11)15/h4-7H,3,8,15H2,1-2H3,(H,17,18). The molecule has 0 aliphatic carbocycles. The second kappa shape index (κ2) is 6.10. The number of amides is 1. The van der Waals surface area contributed by atoms with Gasteiger partial charge >= 0.3 is 0 Å². The van der Waals surface area contributed by atoms with Crippen molar-refractivity contribution >= 4 is 11.6 Å². The molecule has 0 unspecified atom stereocenters. The van der Waals surface area contributed by atoms with Crippen LogP contribution in [0.25, 0.3) is 0 Å². The molecule has 6 nitrogen and oxygen atoms in total. The highest BCUT2D eigenvalue weighted by molar-refractivity contribution is 5.99. The van der Waals surface area contributed by atoms with Gasteiger partial charge in [-0.05, 0) is 18.2 Å². The third-order valence-corrected chi connectivity index (χ3v) is 2.86. The number of hydrogen-bond donors (Lipinski definition) is 2. The van der Waals surface area contributed by atoms with Crippen molar-refractivity contribution in [3.63, 3.8) is 0 Å². The molecule has 0 bridgehead atoms. The van der Waals surface area contributed by atoms with Gasteiger partial charge in [-0.15, -0.1) is 0 Å². The summed E-state index contributed by atoms with van der Waals surface area (Å²) in [6, 6.07) is 4.93. The monoisotopic (exact) mass is 275 g/mol. The second-order valence-electron chi connectivity index (χ2n) is 4.21. The van der Waals surface area contributed by atoms with E-state index in [9.17, 15) is 4.79 Å². The van der Waals surface area contributed by atoms with Crippen molar-refractivity contribution < 1.29 is 13.9 Å². The Morgan fingerprint density at radius 2 is 2.30 bits per heavy atom. The van der Waals surface area contributed by atoms with Crippen LogP contribution < -0.4 is 15.8 Å². The van der Waals surface area contributed by atoms with Crippen molar-refractivity contribution in [3.05, 3.63) is 41.6 Å². The molecule has 0 saturated carbocycles. The predicted molar refractivity (Wildman–Crippen MR) is 74.5 cm³/mol. The summed E-state index contributed by atoms with van der Waals surface area (Å²) >= 11 is 0. The Labute approximate surface area is 116 Å². The number of aromatic nitrogens is 1. The van der Waals surface area contributed by atoms with Crippen molar-refractivity contribution in [3.8, 4) is 5.75 Å². The van der Waals surface area contributed by atoms with E-state index < -0.39 is 0 Å². The van der Waals surface area contributed by atoms with Gasteiger partial charge in [-0.1, -0.05) is 6.92 Å². The van der Waals surface area contributed by atoms with Crippen molar-refractivity contribution in [1.82, 2.24) is 10.3 Å². The normalized spacial score (nSPS) is 10.3. The maximum Gasteiger partial charge on any atom is 0.253 e. The number of benzene rings is 1. The first-order valence-electron chi connectivity index (χ1n) is 6.29. The molecule has 1 aromatic carbocycles. The molecule has 0 spiro atoms. The lowest BCUT2D eigenvalue weighted by molar-refractivity contribution is 0.0947. The van der Waals surface area contributed by atoms with E-state index in [0.29, 0.717) is 22.9 Å². The van der Waals surface area contributed by atoms with Crippen molar-refractivity contribution in [2.75, 3.05) is 12.8 Å². The fourth-order valence-electron chi connectivity index (χ4n) is 1.70. The van der Waals surface area contributed by atoms with Gasteiger partial charge in [0.2, 0.25) is 5.89 Å². The molecule has 6 heteroatoms. The van der Waals surface area contributed by atoms with Gasteiger partial charge in [0.1, 0.15) is 11.5 Å². The zero-order chi connectivity index (χ0) is 14.5. The fourth-order valence-corrected chi connectivity index (χ4v) is 1.70. The number of rotatable bonds is 5. The van der Waals surface area contributed by atoms with Crippen LogP contribution in [-0.2, 0) is 13.0 Å². The van der Waals surface area contributed by atoms with E-state index in [2.05, 4.69) is 10.3 Å². The summed E-state index contributed by atoms with van der Waals surface area (Å²) in [5, 5.41) is 2.71. The maximum absolute atomic E-state index is 12.1. The van der Waals surface area contributed by atoms with Crippen LogP contribution in [0.2, 0.25) is 0 Å². The highest BCUT2D eigenvalue weighted by Crippen LogP contribution is 2.19. The van der Waals surface area contributed by atoms with E-state index in [0.717, 1.165) is 12.2 Å². The van der Waals surface area contributed by atoms with Crippen LogP contribution in [0.1, 0.15) is 28.9 Å². The van der Waals surface area contributed by atoms with E-state index in [4.69, 9.17) is 14.9 Å². The summed E-state index contributed by atoms with van der Waals surface area (Å²) in [5.74, 6) is 1.54. The highest BCUT2D eigenvalue weighted by Gasteiger charge is 2.12. The molecule has 2 aromatic rings. The Morgan fingerprint density at radius 1 is 1.50 bits per heavy atom. The molecule has 0 fully saturated rings. The van der Waals surface area contributed by atoms with Crippen LogP contribution in [-0.4, -0.2) is 18.0 Å². The van der Waals surface area contributed by atoms with Crippen molar-refractivity contribution in [2.45, 2.75) is 19.9 Å². The molecular weight excluding hydrogens is 258 g/mol. The van der Waals surface area contributed by atoms with Crippen molar-refractivity contribution in [1.29, 1.82) is 0 Å². The fraction of sp³-hybridized carbons (Fsp3) is 0.286. The molecule has 0 aliphatic heterocycles. The molecule has 0 aliphatic rings. The molecule has 106 valence electrons. The van der Waals surface area contributed by atoms with E-state index in [1.54, 1.807) is 24.4 Å². The minimum atomic E-state index is -0.294. The Balaban J connectivity index is 2.04. The molecule has 3 N–H and O–H groups in total. The van der Waals surface area contributed by atoms with Crippen LogP contribution in [0.15, 0.2) is 28.8 Å². The highest BCUT2D eigenvalue weighted by atomic mass is 16.5. The number of nitrogen functional groups attached to an aromatic ring is 1. The Kier molecular flexibility index (Phi) is 4.24. The molecule has 20 heavy (non-hydrogen) atoms. The largest absolute Gasteiger partial charge is 0.497 e. The number of carbonyl (C=O) groups excluding carboxylic acids is 1. The summed E-state index contributed by atoms with van der Waals surface area (Å²) in [6.07, 6.45) is 2.42. The summed E-state index contributed by atoms with van der Waals surface area (Å²) in [4.78, 5) is 16.1. The first-order chi connectivity index (χ1) is 9.63. The number of oxazole rings is 1. The second-order valence-corrected chi connectivity index (χ2v) is 4.21. The summed E-state index contributed by atoms with van der Waals surface area (Å²) in [7, 11) is 1.53. The van der Waals surface area contributed by atoms with Gasteiger partial charge in [0.15, 0.2) is 0 Å². The smallest absolute Gasteiger partial charge is 0.253 e. The topological polar surface area (TPSA) is 90.4 Å². The molecule has 2 rings (SSSR count). The zero-order valence-electron chi connectivity index (χ0n) is 11.5. The molecule has 0 saturated heterocycles. The average molecular weight is 275 g/mol. The Morgan fingerprint density at radius 3 is 2.95 bits per heavy atom. The maximum atomic E-state index is 12.1. The summed E-state index contributed by atoms with van der Waals surface area (Å²) in [6.45, 7) is 2.19. The SMILES string of the molecule is CCc1cnc(CNC(=O)c2cc(OC)ccc2N)o1. The lowest BCUT2D eigenvalue weighted by Crippen LogP contribution is -2.24. The Bertz CT molecular complexity index is 607. The van der Waals surface area contributed by atoms with Gasteiger partial charge < -0.3 is 20.2 Å². The van der Waals surface area contributed by atoms with Gasteiger partial charge in [-0.2, -0.15) is 0 Å². The van der Waals surface area contributed by atoms with E-state index in [-0.39, 0.29) is 12.5 Å². The van der Waals surface area contributed by atoms with Crippen LogP contribution in [0, 0.1) is 0 Å². The third-order valence-electron chi connectivity index (χ3n) is 2.86. The van der Waals surface area contributed by atoms with E-state index >= 15 is 0 Å². The van der Waals surface area contributed by atoms with Gasteiger partial charge in [0, 0.05) is 12.1 Å². The van der Waals surface area contributed by atoms with E-state index in [1.807, 2.05) is 6.92 Å². The number of nitrogens with zero attached hydrogens (tertiary/aromatic N) is 1. The molecule has 1 amide bonds. The van der Waals surface area contributed by atoms with Crippen LogP contribution in [0.5, 0.6) is 5.75 Å². The summed E-state index contributed by atoms with van der Waals surface area (Å²) in [5.41, 5.74) is 6.54. The quantitative estimate of drug-likeness (QED) is 0.811. The number of nitrogens with two attached hydrogens (primary N) is 1. The summed E-state index contributed by atoms with van der Waals surface area (Å²) < 4.78 is 10.5. The number of anilines is 1. The molecule has 1 aromatic heterocycles. The van der Waals surface area contributed by atoms with Crippen LogP contribution in [0.3, 0.4) is 0 Å². The van der Waals surface area contributed by atoms with Gasteiger partial charge in [-0.25, -0.2) is 4.98 Å². The third kappa shape index (κ3) is 3.09. The lowest BCUT2D eigenvalue weighted by atomic mass is 10.1. The van der Waals surface area contributed by atoms with Crippen molar-refractivity contribution in [2.24, 2.45) is 0 Å². The van der Waals surface area contributed by atoms with Gasteiger partial charge in [0.25, 0.3) is 5.91 Å². The predicted octanol–water partition coefficient (Wildman–Crippen LogP) is 1.76.